The number of aryl methyl sites for hydroxylation is 1. The van der Waals surface area contributed by atoms with E-state index in [1.54, 1.807) is 0 Å². The molecule has 0 atom stereocenters. The van der Waals surface area contributed by atoms with E-state index in [1.165, 1.54) is 18.4 Å². The topological polar surface area (TPSA) is 31.2 Å². The fourth-order valence-corrected chi connectivity index (χ4v) is 2.80. The van der Waals surface area contributed by atoms with Gasteiger partial charge in [0.2, 0.25) is 0 Å². The van der Waals surface area contributed by atoms with Crippen LogP contribution >= 0.6 is 22.9 Å². The zero-order chi connectivity index (χ0) is 11.0. The second-order valence-electron chi connectivity index (χ2n) is 3.07. The first-order chi connectivity index (χ1) is 7.17. The maximum Gasteiger partial charge on any atom is 0.354 e. The molecule has 3 nitrogen and oxygen atoms in total. The molecule has 0 aliphatic heterocycles. The van der Waals surface area contributed by atoms with Gasteiger partial charge in [0.15, 0.2) is 0 Å². The molecule has 0 spiro atoms. The van der Waals surface area contributed by atoms with Crippen LogP contribution in [0.5, 0.6) is 0 Å². The number of carbonyl (C=O) groups excluding carboxylic acids is 1. The number of fused-ring (bicyclic) bond motifs is 1. The summed E-state index contributed by atoms with van der Waals surface area (Å²) in [6.45, 7) is 2.71. The largest absolute Gasteiger partial charge is 0.464 e. The zero-order valence-corrected chi connectivity index (χ0v) is 9.98. The molecule has 80 valence electrons. The Bertz CT molecular complexity index is 515. The lowest BCUT2D eigenvalue weighted by Gasteiger charge is -2.04. The molecule has 0 aromatic carbocycles. The molecule has 0 unspecified atom stereocenters. The number of hydrogen-bond donors (Lipinski definition) is 0. The normalized spacial score (nSPS) is 10.9. The van der Waals surface area contributed by atoms with E-state index >= 15 is 0 Å². The van der Waals surface area contributed by atoms with Crippen LogP contribution < -0.4 is 0 Å². The maximum absolute atomic E-state index is 11.5. The number of esters is 1. The number of methoxy groups -OCH3 is 1. The van der Waals surface area contributed by atoms with Crippen molar-refractivity contribution in [2.24, 2.45) is 0 Å². The number of hydrogen-bond acceptors (Lipinski definition) is 3. The lowest BCUT2D eigenvalue weighted by atomic mass is 10.4. The minimum Gasteiger partial charge on any atom is -0.464 e. The molecule has 0 radical (unpaired) electrons. The highest BCUT2D eigenvalue weighted by atomic mass is 35.5. The fraction of sp³-hybridized carbons (Fsp3) is 0.300. The molecule has 0 bridgehead atoms. The van der Waals surface area contributed by atoms with Crippen LogP contribution in [-0.2, 0) is 11.3 Å². The molecule has 2 aromatic heterocycles. The molecule has 0 amide bonds. The standard InChI is InChI=1S/C10H10ClNO2S/c1-3-12-6-5-9(11)15-8(6)4-7(12)10(13)14-2/h4-5H,3H2,1-2H3. The molecule has 0 aliphatic carbocycles. The van der Waals surface area contributed by atoms with Crippen molar-refractivity contribution in [1.29, 1.82) is 0 Å². The first-order valence-corrected chi connectivity index (χ1v) is 5.73. The van der Waals surface area contributed by atoms with E-state index in [1.807, 2.05) is 23.6 Å². The van der Waals surface area contributed by atoms with E-state index in [0.29, 0.717) is 5.69 Å². The second kappa shape index (κ2) is 3.87. The Balaban J connectivity index is 2.65. The molecule has 15 heavy (non-hydrogen) atoms. The molecular weight excluding hydrogens is 234 g/mol. The molecule has 0 saturated heterocycles. The Hall–Kier alpha value is -1.00. The Kier molecular flexibility index (Phi) is 2.71. The third kappa shape index (κ3) is 1.64. The van der Waals surface area contributed by atoms with Gasteiger partial charge in [-0.25, -0.2) is 4.79 Å². The molecule has 0 saturated carbocycles. The highest BCUT2D eigenvalue weighted by Crippen LogP contribution is 2.32. The zero-order valence-electron chi connectivity index (χ0n) is 8.41. The summed E-state index contributed by atoms with van der Waals surface area (Å²) in [6, 6.07) is 3.69. The molecule has 5 heteroatoms. The van der Waals surface area contributed by atoms with E-state index in [-0.39, 0.29) is 5.97 Å². The van der Waals surface area contributed by atoms with Crippen molar-refractivity contribution < 1.29 is 9.53 Å². The van der Waals surface area contributed by atoms with Gasteiger partial charge < -0.3 is 9.30 Å². The van der Waals surface area contributed by atoms with Gasteiger partial charge in [-0.15, -0.1) is 11.3 Å². The molecule has 0 aliphatic rings. The number of thiophene rings is 1. The molecule has 0 N–H and O–H groups in total. The van der Waals surface area contributed by atoms with Gasteiger partial charge in [-0.1, -0.05) is 11.6 Å². The summed E-state index contributed by atoms with van der Waals surface area (Å²) in [6.07, 6.45) is 0. The summed E-state index contributed by atoms with van der Waals surface area (Å²) in [5.74, 6) is -0.309. The third-order valence-electron chi connectivity index (χ3n) is 2.27. The van der Waals surface area contributed by atoms with Crippen molar-refractivity contribution in [1.82, 2.24) is 4.57 Å². The van der Waals surface area contributed by atoms with Crippen LogP contribution in [0.3, 0.4) is 0 Å². The number of aromatic nitrogens is 1. The quantitative estimate of drug-likeness (QED) is 0.759. The van der Waals surface area contributed by atoms with E-state index in [2.05, 4.69) is 0 Å². The highest BCUT2D eigenvalue weighted by Gasteiger charge is 2.16. The van der Waals surface area contributed by atoms with Gasteiger partial charge in [-0.2, -0.15) is 0 Å². The number of rotatable bonds is 2. The predicted molar refractivity (Wildman–Crippen MR) is 61.8 cm³/mol. The van der Waals surface area contributed by atoms with Crippen LogP contribution in [-0.4, -0.2) is 17.6 Å². The van der Waals surface area contributed by atoms with Crippen molar-refractivity contribution in [3.8, 4) is 0 Å². The Morgan fingerprint density at radius 1 is 1.60 bits per heavy atom. The lowest BCUT2D eigenvalue weighted by Crippen LogP contribution is -2.09. The van der Waals surface area contributed by atoms with Crippen LogP contribution in [0.4, 0.5) is 0 Å². The van der Waals surface area contributed by atoms with Gasteiger partial charge in [0.1, 0.15) is 5.69 Å². The lowest BCUT2D eigenvalue weighted by molar-refractivity contribution is 0.0589. The van der Waals surface area contributed by atoms with Crippen molar-refractivity contribution in [2.75, 3.05) is 7.11 Å². The number of nitrogens with zero attached hydrogens (tertiary/aromatic N) is 1. The van der Waals surface area contributed by atoms with Gasteiger partial charge in [-0.05, 0) is 19.1 Å². The minimum atomic E-state index is -0.309. The van der Waals surface area contributed by atoms with Crippen LogP contribution in [0.15, 0.2) is 12.1 Å². The predicted octanol–water partition coefficient (Wildman–Crippen LogP) is 3.16. The monoisotopic (exact) mass is 243 g/mol. The molecule has 2 rings (SSSR count). The molecule has 0 fully saturated rings. The van der Waals surface area contributed by atoms with E-state index in [9.17, 15) is 4.79 Å². The van der Waals surface area contributed by atoms with Gasteiger partial charge in [-0.3, -0.25) is 0 Å². The SMILES string of the molecule is CCn1c(C(=O)OC)cc2sc(Cl)cc21. The Morgan fingerprint density at radius 3 is 2.93 bits per heavy atom. The number of ether oxygens (including phenoxy) is 1. The summed E-state index contributed by atoms with van der Waals surface area (Å²) in [5, 5.41) is 0. The highest BCUT2D eigenvalue weighted by molar-refractivity contribution is 7.22. The van der Waals surface area contributed by atoms with Crippen LogP contribution in [0, 0.1) is 0 Å². The summed E-state index contributed by atoms with van der Waals surface area (Å²) >= 11 is 7.38. The van der Waals surface area contributed by atoms with Gasteiger partial charge >= 0.3 is 5.97 Å². The van der Waals surface area contributed by atoms with Gasteiger partial charge in [0.05, 0.1) is 21.7 Å². The van der Waals surface area contributed by atoms with Gasteiger partial charge in [0, 0.05) is 6.54 Å². The Labute approximate surface area is 96.2 Å². The number of halogens is 1. The third-order valence-corrected chi connectivity index (χ3v) is 3.47. The summed E-state index contributed by atoms with van der Waals surface area (Å²) in [5.41, 5.74) is 1.57. The minimum absolute atomic E-state index is 0.309. The maximum atomic E-state index is 11.5. The Morgan fingerprint density at radius 2 is 2.33 bits per heavy atom. The first-order valence-electron chi connectivity index (χ1n) is 4.54. The van der Waals surface area contributed by atoms with Crippen LogP contribution in [0.1, 0.15) is 17.4 Å². The van der Waals surface area contributed by atoms with E-state index in [4.69, 9.17) is 16.3 Å². The second-order valence-corrected chi connectivity index (χ2v) is 4.78. The van der Waals surface area contributed by atoms with E-state index < -0.39 is 0 Å². The molecule has 2 heterocycles. The van der Waals surface area contributed by atoms with Crippen molar-refractivity contribution in [3.63, 3.8) is 0 Å². The van der Waals surface area contributed by atoms with Crippen molar-refractivity contribution in [3.05, 3.63) is 22.2 Å². The first kappa shape index (κ1) is 10.5. The summed E-state index contributed by atoms with van der Waals surface area (Å²) < 4.78 is 8.38. The average Bonchev–Trinajstić information content (AvgIpc) is 2.71. The average molecular weight is 244 g/mol. The smallest absolute Gasteiger partial charge is 0.354 e. The van der Waals surface area contributed by atoms with Crippen molar-refractivity contribution in [2.45, 2.75) is 13.5 Å². The van der Waals surface area contributed by atoms with Crippen molar-refractivity contribution >= 4 is 39.1 Å². The summed E-state index contributed by atoms with van der Waals surface area (Å²) in [7, 11) is 1.39. The molecule has 2 aromatic rings. The van der Waals surface area contributed by atoms with Crippen LogP contribution in [0.25, 0.3) is 10.2 Å². The van der Waals surface area contributed by atoms with E-state index in [0.717, 1.165) is 21.1 Å². The van der Waals surface area contributed by atoms with Gasteiger partial charge in [0.25, 0.3) is 0 Å². The van der Waals surface area contributed by atoms with Crippen LogP contribution in [0.2, 0.25) is 4.34 Å². The fourth-order valence-electron chi connectivity index (χ4n) is 1.63. The number of carbonyl (C=O) groups is 1. The summed E-state index contributed by atoms with van der Waals surface area (Å²) in [4.78, 5) is 11.5. The molecular formula is C10H10ClNO2S.